The van der Waals surface area contributed by atoms with Crippen molar-refractivity contribution in [3.8, 4) is 5.75 Å². The summed E-state index contributed by atoms with van der Waals surface area (Å²) in [6.07, 6.45) is 10.9. The van der Waals surface area contributed by atoms with Gasteiger partial charge >= 0.3 is 5.97 Å². The van der Waals surface area contributed by atoms with Crippen molar-refractivity contribution >= 4 is 5.97 Å². The van der Waals surface area contributed by atoms with Crippen molar-refractivity contribution in [3.05, 3.63) is 64.8 Å². The number of cyclic esters (lactones) is 1. The van der Waals surface area contributed by atoms with E-state index < -0.39 is 5.97 Å². The van der Waals surface area contributed by atoms with Crippen molar-refractivity contribution in [1.82, 2.24) is 0 Å². The number of unbranched alkanes of at least 4 members (excludes halogenated alkanes) is 1. The summed E-state index contributed by atoms with van der Waals surface area (Å²) in [6.45, 7) is 2.15. The number of hydrogen-bond donors (Lipinski definition) is 1. The molecule has 0 fully saturated rings. The highest BCUT2D eigenvalue weighted by molar-refractivity contribution is 5.97. The van der Waals surface area contributed by atoms with Crippen LogP contribution in [0.3, 0.4) is 0 Å². The number of phenolic OH excluding ortho intramolecular Hbond substituents is 1. The number of aromatic hydroxyl groups is 1. The van der Waals surface area contributed by atoms with Gasteiger partial charge in [-0.05, 0) is 30.1 Å². The van der Waals surface area contributed by atoms with E-state index in [-0.39, 0.29) is 11.9 Å². The van der Waals surface area contributed by atoms with Crippen molar-refractivity contribution < 1.29 is 14.6 Å². The molecule has 108 valence electrons. The van der Waals surface area contributed by atoms with Crippen molar-refractivity contribution in [3.63, 3.8) is 0 Å². The van der Waals surface area contributed by atoms with E-state index in [1.807, 2.05) is 18.2 Å². The highest BCUT2D eigenvalue weighted by atomic mass is 16.5. The highest BCUT2D eigenvalue weighted by Gasteiger charge is 2.35. The Hall–Kier alpha value is -2.29. The van der Waals surface area contributed by atoms with E-state index in [9.17, 15) is 9.90 Å². The summed E-state index contributed by atoms with van der Waals surface area (Å²) in [5.74, 6) is -0.448. The van der Waals surface area contributed by atoms with Gasteiger partial charge in [0.1, 0.15) is 17.4 Å². The Bertz CT molecular complexity index is 665. The molecule has 1 heterocycles. The van der Waals surface area contributed by atoms with Crippen LogP contribution in [-0.4, -0.2) is 11.1 Å². The number of fused-ring (bicyclic) bond motifs is 1. The molecule has 0 aromatic heterocycles. The predicted molar refractivity (Wildman–Crippen MR) is 81.1 cm³/mol. The number of carbonyl (C=O) groups is 1. The van der Waals surface area contributed by atoms with Gasteiger partial charge in [-0.3, -0.25) is 0 Å². The smallest absolute Gasteiger partial charge is 0.343 e. The standard InChI is InChI=1S/C18H18O3/c1-2-3-6-12-7-4-8-13(11-12)17-14-9-5-10-15(19)16(14)18(20)21-17/h4-10,17,19H,2-3,11H2,1H3. The van der Waals surface area contributed by atoms with Gasteiger partial charge in [0.25, 0.3) is 0 Å². The van der Waals surface area contributed by atoms with Crippen molar-refractivity contribution in [2.75, 3.05) is 0 Å². The molecule has 3 nitrogen and oxygen atoms in total. The SMILES string of the molecule is CCCC=C1C=CC=C(C2OC(=O)c3c(O)cccc32)C1. The molecule has 3 heteroatoms. The molecule has 1 aliphatic heterocycles. The van der Waals surface area contributed by atoms with Crippen LogP contribution in [-0.2, 0) is 4.74 Å². The monoisotopic (exact) mass is 282 g/mol. The van der Waals surface area contributed by atoms with Gasteiger partial charge in [-0.2, -0.15) is 0 Å². The van der Waals surface area contributed by atoms with E-state index in [1.165, 1.54) is 11.6 Å². The van der Waals surface area contributed by atoms with Crippen molar-refractivity contribution in [2.45, 2.75) is 32.3 Å². The first-order valence-corrected chi connectivity index (χ1v) is 7.29. The lowest BCUT2D eigenvalue weighted by atomic mass is 9.90. The summed E-state index contributed by atoms with van der Waals surface area (Å²) in [7, 11) is 0. The van der Waals surface area contributed by atoms with Gasteiger partial charge in [0.2, 0.25) is 0 Å². The molecule has 21 heavy (non-hydrogen) atoms. The normalized spacial score (nSPS) is 22.1. The predicted octanol–water partition coefficient (Wildman–Crippen LogP) is 4.22. The third kappa shape index (κ3) is 2.51. The van der Waals surface area contributed by atoms with Gasteiger partial charge in [-0.15, -0.1) is 0 Å². The molecule has 1 N–H and O–H groups in total. The Morgan fingerprint density at radius 2 is 2.29 bits per heavy atom. The minimum Gasteiger partial charge on any atom is -0.507 e. The number of rotatable bonds is 3. The molecule has 0 radical (unpaired) electrons. The van der Waals surface area contributed by atoms with Crippen LogP contribution in [0.1, 0.15) is 48.2 Å². The second-order valence-electron chi connectivity index (χ2n) is 5.37. The van der Waals surface area contributed by atoms with Crippen LogP contribution < -0.4 is 0 Å². The molecular weight excluding hydrogens is 264 g/mol. The number of allylic oxidation sites excluding steroid dienone is 5. The zero-order chi connectivity index (χ0) is 14.8. The molecule has 1 aliphatic carbocycles. The topological polar surface area (TPSA) is 46.5 Å². The highest BCUT2D eigenvalue weighted by Crippen LogP contribution is 2.42. The Morgan fingerprint density at radius 3 is 3.10 bits per heavy atom. The van der Waals surface area contributed by atoms with Gasteiger partial charge in [0.15, 0.2) is 0 Å². The summed E-state index contributed by atoms with van der Waals surface area (Å²) in [4.78, 5) is 12.0. The Labute approximate surface area is 124 Å². The summed E-state index contributed by atoms with van der Waals surface area (Å²) >= 11 is 0. The average molecular weight is 282 g/mol. The largest absolute Gasteiger partial charge is 0.507 e. The second kappa shape index (κ2) is 5.60. The van der Waals surface area contributed by atoms with Gasteiger partial charge < -0.3 is 9.84 Å². The lowest BCUT2D eigenvalue weighted by Gasteiger charge is -2.18. The molecule has 0 saturated carbocycles. The maximum Gasteiger partial charge on any atom is 0.343 e. The van der Waals surface area contributed by atoms with Gasteiger partial charge in [-0.1, -0.05) is 49.8 Å². The minimum atomic E-state index is -0.442. The van der Waals surface area contributed by atoms with Crippen molar-refractivity contribution in [1.29, 1.82) is 0 Å². The molecule has 0 spiro atoms. The summed E-state index contributed by atoms with van der Waals surface area (Å²) in [6, 6.07) is 5.11. The first-order valence-electron chi connectivity index (χ1n) is 7.29. The van der Waals surface area contributed by atoms with Crippen LogP contribution >= 0.6 is 0 Å². The fourth-order valence-electron chi connectivity index (χ4n) is 2.80. The first-order chi connectivity index (χ1) is 10.2. The van der Waals surface area contributed by atoms with Gasteiger partial charge in [0.05, 0.1) is 0 Å². The van der Waals surface area contributed by atoms with E-state index in [0.717, 1.165) is 30.4 Å². The molecule has 1 unspecified atom stereocenters. The number of esters is 1. The number of ether oxygens (including phenoxy) is 1. The lowest BCUT2D eigenvalue weighted by molar-refractivity contribution is 0.0444. The summed E-state index contributed by atoms with van der Waals surface area (Å²) in [5.41, 5.74) is 3.37. The van der Waals surface area contributed by atoms with Gasteiger partial charge in [-0.25, -0.2) is 4.79 Å². The molecule has 0 bridgehead atoms. The van der Waals surface area contributed by atoms with Crippen LogP contribution in [0.4, 0.5) is 0 Å². The number of phenols is 1. The molecule has 1 aromatic rings. The van der Waals surface area contributed by atoms with E-state index in [2.05, 4.69) is 19.1 Å². The van der Waals surface area contributed by atoms with Crippen LogP contribution in [0.5, 0.6) is 5.75 Å². The second-order valence-corrected chi connectivity index (χ2v) is 5.37. The zero-order valence-corrected chi connectivity index (χ0v) is 12.0. The van der Waals surface area contributed by atoms with E-state index >= 15 is 0 Å². The quantitative estimate of drug-likeness (QED) is 0.844. The summed E-state index contributed by atoms with van der Waals surface area (Å²) < 4.78 is 5.48. The van der Waals surface area contributed by atoms with Crippen LogP contribution in [0.15, 0.2) is 53.6 Å². The zero-order valence-electron chi connectivity index (χ0n) is 12.0. The molecule has 0 saturated heterocycles. The fraction of sp³-hybridized carbons (Fsp3) is 0.278. The molecule has 1 aromatic carbocycles. The fourth-order valence-corrected chi connectivity index (χ4v) is 2.80. The molecule has 0 amide bonds. The third-order valence-electron chi connectivity index (χ3n) is 3.85. The number of carbonyl (C=O) groups excluding carboxylic acids is 1. The first kappa shape index (κ1) is 13.7. The van der Waals surface area contributed by atoms with E-state index in [1.54, 1.807) is 6.07 Å². The number of benzene rings is 1. The average Bonchev–Trinajstić information content (AvgIpc) is 2.84. The molecule has 2 aliphatic rings. The Morgan fingerprint density at radius 1 is 1.43 bits per heavy atom. The van der Waals surface area contributed by atoms with E-state index in [0.29, 0.717) is 5.56 Å². The minimum absolute atomic E-state index is 0.00583. The van der Waals surface area contributed by atoms with E-state index in [4.69, 9.17) is 4.74 Å². The molecule has 3 rings (SSSR count). The Kier molecular flexibility index (Phi) is 3.65. The maximum atomic E-state index is 12.0. The van der Waals surface area contributed by atoms with Crippen LogP contribution in [0.25, 0.3) is 0 Å². The molecule has 1 atom stereocenters. The summed E-state index contributed by atoms with van der Waals surface area (Å²) in [5, 5.41) is 9.84. The van der Waals surface area contributed by atoms with Gasteiger partial charge in [0, 0.05) is 5.56 Å². The Balaban J connectivity index is 1.90. The third-order valence-corrected chi connectivity index (χ3v) is 3.85. The van der Waals surface area contributed by atoms with Crippen LogP contribution in [0, 0.1) is 0 Å². The van der Waals surface area contributed by atoms with Crippen molar-refractivity contribution in [2.24, 2.45) is 0 Å². The molecular formula is C18H18O3. The maximum absolute atomic E-state index is 12.0. The van der Waals surface area contributed by atoms with Crippen LogP contribution in [0.2, 0.25) is 0 Å². The lowest BCUT2D eigenvalue weighted by Crippen LogP contribution is -2.05. The number of hydrogen-bond acceptors (Lipinski definition) is 3.